The maximum atomic E-state index is 12.6. The molecule has 1 aliphatic heterocycles. The van der Waals surface area contributed by atoms with Crippen molar-refractivity contribution in [2.45, 2.75) is 31.8 Å². The van der Waals surface area contributed by atoms with Crippen molar-refractivity contribution in [3.8, 4) is 0 Å². The van der Waals surface area contributed by atoms with Gasteiger partial charge in [0.1, 0.15) is 6.54 Å². The quantitative estimate of drug-likeness (QED) is 0.849. The highest BCUT2D eigenvalue weighted by molar-refractivity contribution is 5.86. The molecule has 0 spiro atoms. The molecule has 112 valence electrons. The first-order chi connectivity index (χ1) is 10.1. The molecule has 1 amide bonds. The first-order valence-electron chi connectivity index (χ1n) is 7.44. The summed E-state index contributed by atoms with van der Waals surface area (Å²) in [4.78, 5) is 25.1. The van der Waals surface area contributed by atoms with E-state index in [1.165, 1.54) is 16.0 Å². The molecule has 1 fully saturated rings. The van der Waals surface area contributed by atoms with Gasteiger partial charge in [0.2, 0.25) is 5.91 Å². The highest BCUT2D eigenvalue weighted by Crippen LogP contribution is 2.30. The third-order valence-electron chi connectivity index (χ3n) is 4.19. The monoisotopic (exact) mass is 288 g/mol. The fourth-order valence-corrected chi connectivity index (χ4v) is 2.86. The molecule has 5 nitrogen and oxygen atoms in total. The van der Waals surface area contributed by atoms with Crippen LogP contribution in [-0.4, -0.2) is 41.0 Å². The van der Waals surface area contributed by atoms with Crippen molar-refractivity contribution >= 4 is 11.9 Å². The van der Waals surface area contributed by atoms with Gasteiger partial charge in [-0.05, 0) is 36.3 Å². The van der Waals surface area contributed by atoms with Gasteiger partial charge in [-0.2, -0.15) is 0 Å². The molecule has 1 saturated carbocycles. The average molecular weight is 288 g/mol. The van der Waals surface area contributed by atoms with Gasteiger partial charge in [0.05, 0.1) is 6.04 Å². The number of carboxylic acids is 1. The van der Waals surface area contributed by atoms with Crippen molar-refractivity contribution < 1.29 is 14.7 Å². The van der Waals surface area contributed by atoms with Crippen LogP contribution in [0.4, 0.5) is 0 Å². The Morgan fingerprint density at radius 3 is 2.62 bits per heavy atom. The molecule has 3 rings (SSSR count). The lowest BCUT2D eigenvalue weighted by Gasteiger charge is -2.30. The standard InChI is InChI=1S/C16H20N2O3/c19-15(20)10-18(9-11-5-6-11)16(21)14-7-12-3-1-2-4-13(12)8-17-14/h1-4,11,14,17H,5-10H2,(H,19,20)/t14-/m0/s1. The fourth-order valence-electron chi connectivity index (χ4n) is 2.86. The first-order valence-corrected chi connectivity index (χ1v) is 7.44. The number of amides is 1. The Kier molecular flexibility index (Phi) is 3.92. The lowest BCUT2D eigenvalue weighted by molar-refractivity contribution is -0.145. The van der Waals surface area contributed by atoms with Crippen LogP contribution in [0.15, 0.2) is 24.3 Å². The zero-order valence-corrected chi connectivity index (χ0v) is 11.9. The van der Waals surface area contributed by atoms with Crippen LogP contribution in [0.1, 0.15) is 24.0 Å². The van der Waals surface area contributed by atoms with Crippen molar-refractivity contribution in [2.24, 2.45) is 5.92 Å². The summed E-state index contributed by atoms with van der Waals surface area (Å²) in [6.45, 7) is 1.04. The number of rotatable bonds is 5. The van der Waals surface area contributed by atoms with Crippen molar-refractivity contribution in [1.82, 2.24) is 10.2 Å². The number of benzene rings is 1. The molecule has 21 heavy (non-hydrogen) atoms. The number of carbonyl (C=O) groups excluding carboxylic acids is 1. The smallest absolute Gasteiger partial charge is 0.323 e. The number of carboxylic acid groups (broad SMARTS) is 1. The lowest BCUT2D eigenvalue weighted by atomic mass is 9.95. The molecule has 0 unspecified atom stereocenters. The summed E-state index contributed by atoms with van der Waals surface area (Å²) < 4.78 is 0. The zero-order chi connectivity index (χ0) is 14.8. The summed E-state index contributed by atoms with van der Waals surface area (Å²) in [5.41, 5.74) is 2.39. The first kappa shape index (κ1) is 14.1. The summed E-state index contributed by atoms with van der Waals surface area (Å²) in [6, 6.07) is 7.76. The van der Waals surface area contributed by atoms with Gasteiger partial charge >= 0.3 is 5.97 Å². The largest absolute Gasteiger partial charge is 0.480 e. The predicted molar refractivity (Wildman–Crippen MR) is 77.7 cm³/mol. The number of nitrogens with one attached hydrogen (secondary N) is 1. The second-order valence-corrected chi connectivity index (χ2v) is 5.96. The minimum atomic E-state index is -0.944. The summed E-state index contributed by atoms with van der Waals surface area (Å²) in [7, 11) is 0. The van der Waals surface area contributed by atoms with Gasteiger partial charge in [-0.1, -0.05) is 24.3 Å². The Morgan fingerprint density at radius 2 is 1.95 bits per heavy atom. The lowest BCUT2D eigenvalue weighted by Crippen LogP contribution is -2.51. The molecular weight excluding hydrogens is 268 g/mol. The third kappa shape index (κ3) is 3.42. The Balaban J connectivity index is 1.69. The predicted octanol–water partition coefficient (Wildman–Crippen LogP) is 1.02. The number of nitrogens with zero attached hydrogens (tertiary/aromatic N) is 1. The molecule has 5 heteroatoms. The molecule has 0 saturated heterocycles. The van der Waals surface area contributed by atoms with Crippen LogP contribution < -0.4 is 5.32 Å². The molecule has 1 aliphatic carbocycles. The molecular formula is C16H20N2O3. The molecule has 0 bridgehead atoms. The summed E-state index contributed by atoms with van der Waals surface area (Å²) >= 11 is 0. The van der Waals surface area contributed by atoms with Crippen LogP contribution in [0.5, 0.6) is 0 Å². The van der Waals surface area contributed by atoms with E-state index in [1.54, 1.807) is 0 Å². The SMILES string of the molecule is O=C(O)CN(CC1CC1)C(=O)[C@@H]1Cc2ccccc2CN1. The van der Waals surface area contributed by atoms with E-state index in [4.69, 9.17) is 5.11 Å². The van der Waals surface area contributed by atoms with Crippen LogP contribution >= 0.6 is 0 Å². The van der Waals surface area contributed by atoms with Crippen molar-refractivity contribution in [3.63, 3.8) is 0 Å². The van der Waals surface area contributed by atoms with E-state index >= 15 is 0 Å². The average Bonchev–Trinajstić information content (AvgIpc) is 3.29. The molecule has 1 heterocycles. The van der Waals surface area contributed by atoms with Crippen LogP contribution in [-0.2, 0) is 22.6 Å². The topological polar surface area (TPSA) is 69.6 Å². The van der Waals surface area contributed by atoms with Gasteiger partial charge in [-0.15, -0.1) is 0 Å². The summed E-state index contributed by atoms with van der Waals surface area (Å²) in [5.74, 6) is -0.539. The second-order valence-electron chi connectivity index (χ2n) is 5.96. The molecule has 1 atom stereocenters. The van der Waals surface area contributed by atoms with Gasteiger partial charge in [0.15, 0.2) is 0 Å². The van der Waals surface area contributed by atoms with E-state index in [-0.39, 0.29) is 18.5 Å². The fraction of sp³-hybridized carbons (Fsp3) is 0.500. The number of aliphatic carboxylic acids is 1. The number of hydrogen-bond donors (Lipinski definition) is 2. The number of hydrogen-bond acceptors (Lipinski definition) is 3. The maximum absolute atomic E-state index is 12.6. The van der Waals surface area contributed by atoms with Gasteiger partial charge in [0, 0.05) is 13.1 Å². The molecule has 1 aromatic rings. The third-order valence-corrected chi connectivity index (χ3v) is 4.19. The Bertz CT molecular complexity index is 554. The maximum Gasteiger partial charge on any atom is 0.323 e. The van der Waals surface area contributed by atoms with Gasteiger partial charge in [0.25, 0.3) is 0 Å². The Hall–Kier alpha value is -1.88. The van der Waals surface area contributed by atoms with Crippen molar-refractivity contribution in [3.05, 3.63) is 35.4 Å². The minimum Gasteiger partial charge on any atom is -0.480 e. The highest BCUT2D eigenvalue weighted by Gasteiger charge is 2.32. The van der Waals surface area contributed by atoms with Gasteiger partial charge < -0.3 is 15.3 Å². The summed E-state index contributed by atoms with van der Waals surface area (Å²) in [5, 5.41) is 12.2. The molecule has 2 N–H and O–H groups in total. The van der Waals surface area contributed by atoms with Crippen LogP contribution in [0.2, 0.25) is 0 Å². The van der Waals surface area contributed by atoms with Crippen LogP contribution in [0.3, 0.4) is 0 Å². The molecule has 0 radical (unpaired) electrons. The van der Waals surface area contributed by atoms with Gasteiger partial charge in [-0.25, -0.2) is 0 Å². The van der Waals surface area contributed by atoms with Crippen molar-refractivity contribution in [1.29, 1.82) is 0 Å². The zero-order valence-electron chi connectivity index (χ0n) is 11.9. The van der Waals surface area contributed by atoms with Crippen LogP contribution in [0, 0.1) is 5.92 Å². The number of carbonyl (C=O) groups is 2. The molecule has 0 aromatic heterocycles. The minimum absolute atomic E-state index is 0.0844. The van der Waals surface area contributed by atoms with E-state index < -0.39 is 5.97 Å². The van der Waals surface area contributed by atoms with Crippen molar-refractivity contribution in [2.75, 3.05) is 13.1 Å². The normalized spacial score (nSPS) is 20.7. The molecule has 1 aromatic carbocycles. The van der Waals surface area contributed by atoms with E-state index in [0.29, 0.717) is 25.4 Å². The van der Waals surface area contributed by atoms with E-state index in [2.05, 4.69) is 11.4 Å². The number of fused-ring (bicyclic) bond motifs is 1. The van der Waals surface area contributed by atoms with Gasteiger partial charge in [-0.3, -0.25) is 9.59 Å². The van der Waals surface area contributed by atoms with E-state index in [0.717, 1.165) is 12.8 Å². The highest BCUT2D eigenvalue weighted by atomic mass is 16.4. The van der Waals surface area contributed by atoms with E-state index in [9.17, 15) is 9.59 Å². The Labute approximate surface area is 123 Å². The van der Waals surface area contributed by atoms with E-state index in [1.807, 2.05) is 18.2 Å². The summed E-state index contributed by atoms with van der Waals surface area (Å²) in [6.07, 6.45) is 2.84. The van der Waals surface area contributed by atoms with Crippen LogP contribution in [0.25, 0.3) is 0 Å². The Morgan fingerprint density at radius 1 is 1.24 bits per heavy atom. The second kappa shape index (κ2) is 5.85. The molecule has 2 aliphatic rings.